The van der Waals surface area contributed by atoms with E-state index in [0.29, 0.717) is 6.04 Å². The lowest BCUT2D eigenvalue weighted by Crippen LogP contribution is -2.28. The summed E-state index contributed by atoms with van der Waals surface area (Å²) < 4.78 is 0. The molecule has 0 aromatic rings. The number of nitrogens with one attached hydrogen (secondary N) is 2. The Morgan fingerprint density at radius 1 is 0.882 bits per heavy atom. The van der Waals surface area contributed by atoms with Crippen molar-refractivity contribution in [1.82, 2.24) is 10.6 Å². The van der Waals surface area contributed by atoms with E-state index in [-0.39, 0.29) is 0 Å². The average molecular weight is 236 g/mol. The highest BCUT2D eigenvalue weighted by Crippen LogP contribution is 2.08. The van der Waals surface area contributed by atoms with Gasteiger partial charge in [-0.25, -0.2) is 0 Å². The molecule has 0 aromatic heterocycles. The van der Waals surface area contributed by atoms with Crippen LogP contribution < -0.4 is 10.6 Å². The second-order valence-corrected chi connectivity index (χ2v) is 4.84. The molecule has 0 saturated carbocycles. The molecule has 98 valence electrons. The SMILES string of the molecule is CCCCCCCCCCNC1C=CNC=C1. The van der Waals surface area contributed by atoms with Gasteiger partial charge in [0, 0.05) is 6.04 Å². The summed E-state index contributed by atoms with van der Waals surface area (Å²) in [5.41, 5.74) is 0. The Hall–Kier alpha value is -0.760. The Morgan fingerprint density at radius 2 is 1.47 bits per heavy atom. The van der Waals surface area contributed by atoms with Gasteiger partial charge in [-0.1, -0.05) is 51.9 Å². The third kappa shape index (κ3) is 8.03. The minimum absolute atomic E-state index is 0.431. The molecular weight excluding hydrogens is 208 g/mol. The standard InChI is InChI=1S/C15H28N2/c1-2-3-4-5-6-7-8-9-12-17-15-10-13-16-14-11-15/h10-11,13-17H,2-9,12H2,1H3. The molecule has 2 nitrogen and oxygen atoms in total. The van der Waals surface area contributed by atoms with Gasteiger partial charge in [0.25, 0.3) is 0 Å². The maximum atomic E-state index is 3.52. The fourth-order valence-electron chi connectivity index (χ4n) is 2.10. The van der Waals surface area contributed by atoms with E-state index in [0.717, 1.165) is 6.54 Å². The molecule has 0 bridgehead atoms. The topological polar surface area (TPSA) is 24.1 Å². The van der Waals surface area contributed by atoms with Crippen molar-refractivity contribution in [3.05, 3.63) is 24.6 Å². The van der Waals surface area contributed by atoms with Crippen LogP contribution in [0.1, 0.15) is 58.3 Å². The molecule has 0 amide bonds. The van der Waals surface area contributed by atoms with Gasteiger partial charge in [0.1, 0.15) is 0 Å². The first-order chi connectivity index (χ1) is 8.43. The lowest BCUT2D eigenvalue weighted by molar-refractivity contribution is 0.551. The van der Waals surface area contributed by atoms with Crippen LogP contribution in [0.2, 0.25) is 0 Å². The smallest absolute Gasteiger partial charge is 0.0469 e. The second-order valence-electron chi connectivity index (χ2n) is 4.84. The number of dihydropyridines is 1. The van der Waals surface area contributed by atoms with Gasteiger partial charge < -0.3 is 10.6 Å². The Labute approximate surface area is 107 Å². The molecule has 0 atom stereocenters. The van der Waals surface area contributed by atoms with Crippen LogP contribution in [0.4, 0.5) is 0 Å². The highest BCUT2D eigenvalue weighted by Gasteiger charge is 2.00. The Balaban J connectivity index is 1.79. The molecule has 0 fully saturated rings. The van der Waals surface area contributed by atoms with Crippen molar-refractivity contribution >= 4 is 0 Å². The predicted molar refractivity (Wildman–Crippen MR) is 75.8 cm³/mol. The van der Waals surface area contributed by atoms with E-state index in [1.807, 2.05) is 12.4 Å². The number of unbranched alkanes of at least 4 members (excludes halogenated alkanes) is 7. The third-order valence-corrected chi connectivity index (χ3v) is 3.21. The van der Waals surface area contributed by atoms with Gasteiger partial charge in [-0.15, -0.1) is 0 Å². The second kappa shape index (κ2) is 10.4. The first-order valence-corrected chi connectivity index (χ1v) is 7.26. The van der Waals surface area contributed by atoms with Gasteiger partial charge in [-0.3, -0.25) is 0 Å². The van der Waals surface area contributed by atoms with Gasteiger partial charge in [0.05, 0.1) is 0 Å². The first kappa shape index (κ1) is 14.3. The molecule has 1 aliphatic rings. The van der Waals surface area contributed by atoms with Crippen LogP contribution in [0.15, 0.2) is 24.6 Å². The van der Waals surface area contributed by atoms with Crippen LogP contribution in [0, 0.1) is 0 Å². The average Bonchev–Trinajstić information content (AvgIpc) is 2.38. The lowest BCUT2D eigenvalue weighted by Gasteiger charge is -2.13. The highest BCUT2D eigenvalue weighted by atomic mass is 14.9. The molecule has 2 heteroatoms. The minimum atomic E-state index is 0.431. The monoisotopic (exact) mass is 236 g/mol. The molecule has 0 aromatic carbocycles. The summed E-state index contributed by atoms with van der Waals surface area (Å²) in [4.78, 5) is 0. The summed E-state index contributed by atoms with van der Waals surface area (Å²) in [6, 6.07) is 0.431. The number of hydrogen-bond donors (Lipinski definition) is 2. The van der Waals surface area contributed by atoms with Crippen molar-refractivity contribution in [2.45, 2.75) is 64.3 Å². The third-order valence-electron chi connectivity index (χ3n) is 3.21. The molecule has 0 saturated heterocycles. The summed E-state index contributed by atoms with van der Waals surface area (Å²) >= 11 is 0. The van der Waals surface area contributed by atoms with E-state index < -0.39 is 0 Å². The minimum Gasteiger partial charge on any atom is -0.368 e. The van der Waals surface area contributed by atoms with Crippen molar-refractivity contribution in [2.75, 3.05) is 6.54 Å². The van der Waals surface area contributed by atoms with Crippen molar-refractivity contribution in [2.24, 2.45) is 0 Å². The van der Waals surface area contributed by atoms with Crippen molar-refractivity contribution in [3.8, 4) is 0 Å². The van der Waals surface area contributed by atoms with E-state index in [9.17, 15) is 0 Å². The van der Waals surface area contributed by atoms with E-state index in [1.165, 1.54) is 51.4 Å². The van der Waals surface area contributed by atoms with Crippen molar-refractivity contribution < 1.29 is 0 Å². The van der Waals surface area contributed by atoms with Crippen LogP contribution >= 0.6 is 0 Å². The Bertz CT molecular complexity index is 209. The molecular formula is C15H28N2. The van der Waals surface area contributed by atoms with Crippen LogP contribution in [0.25, 0.3) is 0 Å². The number of rotatable bonds is 10. The Kier molecular flexibility index (Phi) is 8.75. The molecule has 0 aliphatic carbocycles. The molecule has 0 radical (unpaired) electrons. The van der Waals surface area contributed by atoms with Crippen LogP contribution in [0.5, 0.6) is 0 Å². The Morgan fingerprint density at radius 3 is 2.12 bits per heavy atom. The van der Waals surface area contributed by atoms with E-state index in [2.05, 4.69) is 29.7 Å². The van der Waals surface area contributed by atoms with E-state index in [4.69, 9.17) is 0 Å². The van der Waals surface area contributed by atoms with Crippen LogP contribution in [-0.2, 0) is 0 Å². The first-order valence-electron chi connectivity index (χ1n) is 7.26. The molecule has 1 aliphatic heterocycles. The quantitative estimate of drug-likeness (QED) is 0.565. The highest BCUT2D eigenvalue weighted by molar-refractivity contribution is 5.10. The zero-order chi connectivity index (χ0) is 12.2. The van der Waals surface area contributed by atoms with Crippen LogP contribution in [0.3, 0.4) is 0 Å². The molecule has 0 spiro atoms. The largest absolute Gasteiger partial charge is 0.368 e. The zero-order valence-electron chi connectivity index (χ0n) is 11.3. The van der Waals surface area contributed by atoms with Gasteiger partial charge in [0.15, 0.2) is 0 Å². The van der Waals surface area contributed by atoms with Crippen molar-refractivity contribution in [3.63, 3.8) is 0 Å². The fourth-order valence-corrected chi connectivity index (χ4v) is 2.10. The molecule has 1 rings (SSSR count). The summed E-state index contributed by atoms with van der Waals surface area (Å²) in [5.74, 6) is 0. The normalized spacial score (nSPS) is 15.1. The predicted octanol–water partition coefficient (Wildman–Crippen LogP) is 3.72. The van der Waals surface area contributed by atoms with Gasteiger partial charge >= 0.3 is 0 Å². The molecule has 0 unspecified atom stereocenters. The molecule has 17 heavy (non-hydrogen) atoms. The van der Waals surface area contributed by atoms with Gasteiger partial charge in [0.2, 0.25) is 0 Å². The summed E-state index contributed by atoms with van der Waals surface area (Å²) in [6.45, 7) is 3.41. The molecule has 2 N–H and O–H groups in total. The molecule has 1 heterocycles. The summed E-state index contributed by atoms with van der Waals surface area (Å²) in [6.07, 6.45) is 19.4. The summed E-state index contributed by atoms with van der Waals surface area (Å²) in [5, 5.41) is 6.57. The summed E-state index contributed by atoms with van der Waals surface area (Å²) in [7, 11) is 0. The zero-order valence-corrected chi connectivity index (χ0v) is 11.3. The van der Waals surface area contributed by atoms with Crippen LogP contribution in [-0.4, -0.2) is 12.6 Å². The maximum absolute atomic E-state index is 3.52. The van der Waals surface area contributed by atoms with Gasteiger partial charge in [-0.2, -0.15) is 0 Å². The van der Waals surface area contributed by atoms with Gasteiger partial charge in [-0.05, 0) is 37.5 Å². The number of hydrogen-bond acceptors (Lipinski definition) is 2. The van der Waals surface area contributed by atoms with E-state index in [1.54, 1.807) is 0 Å². The van der Waals surface area contributed by atoms with E-state index >= 15 is 0 Å². The fraction of sp³-hybridized carbons (Fsp3) is 0.733. The lowest BCUT2D eigenvalue weighted by atomic mass is 10.1. The maximum Gasteiger partial charge on any atom is 0.0469 e. The van der Waals surface area contributed by atoms with Crippen molar-refractivity contribution in [1.29, 1.82) is 0 Å².